The summed E-state index contributed by atoms with van der Waals surface area (Å²) in [5, 5.41) is 9.26. The minimum Gasteiger partial charge on any atom is -0.448 e. The number of hydrogen-bond donors (Lipinski definition) is 0. The Hall–Kier alpha value is -2.42. The number of amides is 1. The maximum Gasteiger partial charge on any atom is 0.276 e. The fourth-order valence-corrected chi connectivity index (χ4v) is 3.82. The van der Waals surface area contributed by atoms with Gasteiger partial charge in [-0.15, -0.1) is 0 Å². The van der Waals surface area contributed by atoms with Crippen molar-refractivity contribution in [2.24, 2.45) is 10.8 Å². The Kier molecular flexibility index (Phi) is 3.40. The van der Waals surface area contributed by atoms with Crippen LogP contribution in [0.25, 0.3) is 0 Å². The van der Waals surface area contributed by atoms with Crippen LogP contribution in [0.4, 0.5) is 0 Å². The van der Waals surface area contributed by atoms with Crippen LogP contribution in [-0.2, 0) is 4.79 Å². The highest BCUT2D eigenvalue weighted by Crippen LogP contribution is 2.48. The molecule has 1 aromatic heterocycles. The van der Waals surface area contributed by atoms with Crippen LogP contribution in [-0.4, -0.2) is 34.7 Å². The molecule has 2 aliphatic rings. The maximum absolute atomic E-state index is 12.6. The van der Waals surface area contributed by atoms with Crippen LogP contribution >= 0.6 is 0 Å². The summed E-state index contributed by atoms with van der Waals surface area (Å²) in [4.78, 5) is 30.6. The topological polar surface area (TPSA) is 87.2 Å². The van der Waals surface area contributed by atoms with E-state index in [0.29, 0.717) is 31.0 Å². The Morgan fingerprint density at radius 2 is 2.22 bits per heavy atom. The first-order chi connectivity index (χ1) is 10.8. The van der Waals surface area contributed by atoms with E-state index in [2.05, 4.69) is 4.98 Å². The van der Waals surface area contributed by atoms with Crippen LogP contribution in [0.5, 0.6) is 0 Å². The monoisotopic (exact) mass is 313 g/mol. The van der Waals surface area contributed by atoms with Gasteiger partial charge in [-0.05, 0) is 19.8 Å². The second-order valence-corrected chi connectivity index (χ2v) is 7.16. The number of aromatic nitrogens is 1. The molecule has 120 valence electrons. The van der Waals surface area contributed by atoms with Gasteiger partial charge in [-0.1, -0.05) is 19.9 Å². The molecule has 1 saturated heterocycles. The molecule has 1 fully saturated rings. The highest BCUT2D eigenvalue weighted by Gasteiger charge is 2.49. The summed E-state index contributed by atoms with van der Waals surface area (Å²) in [6.07, 6.45) is 4.44. The third-order valence-electron chi connectivity index (χ3n) is 4.84. The maximum atomic E-state index is 12.6. The molecule has 0 saturated carbocycles. The van der Waals surface area contributed by atoms with E-state index in [0.717, 1.165) is 6.42 Å². The Labute approximate surface area is 134 Å². The number of aryl methyl sites for hydroxylation is 1. The van der Waals surface area contributed by atoms with Gasteiger partial charge in [-0.2, -0.15) is 5.26 Å². The van der Waals surface area contributed by atoms with Gasteiger partial charge in [-0.25, -0.2) is 4.98 Å². The van der Waals surface area contributed by atoms with Crippen LogP contribution in [0, 0.1) is 29.1 Å². The van der Waals surface area contributed by atoms with Gasteiger partial charge in [0.2, 0.25) is 0 Å². The smallest absolute Gasteiger partial charge is 0.276 e. The number of allylic oxidation sites excluding steroid dienone is 1. The molecule has 0 unspecified atom stereocenters. The van der Waals surface area contributed by atoms with Gasteiger partial charge in [0.05, 0.1) is 5.57 Å². The number of nitrogens with zero attached hydrogens (tertiary/aromatic N) is 3. The molecule has 1 atom stereocenters. The predicted octanol–water partition coefficient (Wildman–Crippen LogP) is 2.26. The van der Waals surface area contributed by atoms with Crippen molar-refractivity contribution in [3.63, 3.8) is 0 Å². The Morgan fingerprint density at radius 1 is 1.48 bits per heavy atom. The van der Waals surface area contributed by atoms with Gasteiger partial charge < -0.3 is 9.32 Å². The van der Waals surface area contributed by atoms with Gasteiger partial charge in [0.1, 0.15) is 11.8 Å². The highest BCUT2D eigenvalue weighted by atomic mass is 16.3. The molecule has 0 radical (unpaired) electrons. The van der Waals surface area contributed by atoms with Crippen molar-refractivity contribution < 1.29 is 14.0 Å². The summed E-state index contributed by atoms with van der Waals surface area (Å²) in [7, 11) is 0. The predicted molar refractivity (Wildman–Crippen MR) is 81.3 cm³/mol. The number of hydrogen-bond acceptors (Lipinski definition) is 5. The molecule has 1 aromatic rings. The van der Waals surface area contributed by atoms with Crippen molar-refractivity contribution in [2.45, 2.75) is 33.6 Å². The third-order valence-corrected chi connectivity index (χ3v) is 4.84. The van der Waals surface area contributed by atoms with Gasteiger partial charge >= 0.3 is 0 Å². The van der Waals surface area contributed by atoms with Crippen LogP contribution in [0.2, 0.25) is 0 Å². The second kappa shape index (κ2) is 5.05. The lowest BCUT2D eigenvalue weighted by molar-refractivity contribution is -0.125. The SMILES string of the molecule is Cc1ocnc1C(=O)N1CC[C@@]2(C=C(C#N)C(=O)C(C)(C)C2)C1. The lowest BCUT2D eigenvalue weighted by atomic mass is 9.64. The molecule has 6 nitrogen and oxygen atoms in total. The lowest BCUT2D eigenvalue weighted by Gasteiger charge is -2.38. The molecule has 6 heteroatoms. The molecule has 2 heterocycles. The largest absolute Gasteiger partial charge is 0.448 e. The minimum absolute atomic E-state index is 0.109. The van der Waals surface area contributed by atoms with E-state index in [9.17, 15) is 14.9 Å². The van der Waals surface area contributed by atoms with E-state index in [1.54, 1.807) is 17.9 Å². The second-order valence-electron chi connectivity index (χ2n) is 7.16. The summed E-state index contributed by atoms with van der Waals surface area (Å²) in [6.45, 7) is 6.54. The Balaban J connectivity index is 1.88. The van der Waals surface area contributed by atoms with Crippen molar-refractivity contribution in [1.29, 1.82) is 5.26 Å². The number of Topliss-reactive ketones (excluding diaryl/α,β-unsaturated/α-hetero) is 1. The number of rotatable bonds is 1. The average molecular weight is 313 g/mol. The molecule has 0 bridgehead atoms. The van der Waals surface area contributed by atoms with Crippen molar-refractivity contribution in [2.75, 3.05) is 13.1 Å². The van der Waals surface area contributed by atoms with Crippen molar-refractivity contribution in [3.05, 3.63) is 29.5 Å². The quantitative estimate of drug-likeness (QED) is 0.793. The fraction of sp³-hybridized carbons (Fsp3) is 0.529. The summed E-state index contributed by atoms with van der Waals surface area (Å²) < 4.78 is 5.11. The molecule has 1 spiro atoms. The molecular weight excluding hydrogens is 294 g/mol. The zero-order valence-electron chi connectivity index (χ0n) is 13.5. The zero-order chi connectivity index (χ0) is 16.8. The van der Waals surface area contributed by atoms with E-state index in [-0.39, 0.29) is 22.7 Å². The summed E-state index contributed by atoms with van der Waals surface area (Å²) in [5.74, 6) is 0.237. The molecule has 0 aromatic carbocycles. The van der Waals surface area contributed by atoms with Crippen molar-refractivity contribution >= 4 is 11.7 Å². The lowest BCUT2D eigenvalue weighted by Crippen LogP contribution is -2.40. The van der Waals surface area contributed by atoms with Gasteiger partial charge in [0.25, 0.3) is 5.91 Å². The van der Waals surface area contributed by atoms with Crippen molar-refractivity contribution in [1.82, 2.24) is 9.88 Å². The van der Waals surface area contributed by atoms with Crippen molar-refractivity contribution in [3.8, 4) is 6.07 Å². The van der Waals surface area contributed by atoms with Crippen LogP contribution in [0.15, 0.2) is 22.5 Å². The number of nitriles is 1. The summed E-state index contributed by atoms with van der Waals surface area (Å²) in [5.41, 5.74) is -0.343. The van der Waals surface area contributed by atoms with Gasteiger partial charge in [-0.3, -0.25) is 9.59 Å². The first kappa shape index (κ1) is 15.5. The van der Waals surface area contributed by atoms with E-state index >= 15 is 0 Å². The minimum atomic E-state index is -0.581. The first-order valence-corrected chi connectivity index (χ1v) is 7.65. The van der Waals surface area contributed by atoms with Crippen LogP contribution in [0.3, 0.4) is 0 Å². The standard InChI is InChI=1S/C17H19N3O3/c1-11-13(19-10-23-11)15(22)20-5-4-17(9-20)6-12(7-18)14(21)16(2,3)8-17/h6,10H,4-5,8-9H2,1-3H3/t17-/m0/s1. The number of likely N-dealkylation sites (tertiary alicyclic amines) is 1. The molecule has 1 amide bonds. The first-order valence-electron chi connectivity index (χ1n) is 7.65. The average Bonchev–Trinajstić information content (AvgIpc) is 3.09. The van der Waals surface area contributed by atoms with E-state index in [1.165, 1.54) is 6.39 Å². The number of ketones is 1. The fourth-order valence-electron chi connectivity index (χ4n) is 3.82. The molecule has 23 heavy (non-hydrogen) atoms. The molecular formula is C17H19N3O3. The number of carbonyl (C=O) groups is 2. The van der Waals surface area contributed by atoms with Gasteiger partial charge in [0, 0.05) is 23.9 Å². The number of carbonyl (C=O) groups excluding carboxylic acids is 2. The normalized spacial score (nSPS) is 26.3. The van der Waals surface area contributed by atoms with Gasteiger partial charge in [0.15, 0.2) is 17.9 Å². The van der Waals surface area contributed by atoms with E-state index in [4.69, 9.17) is 4.42 Å². The molecule has 1 aliphatic heterocycles. The third kappa shape index (κ3) is 2.46. The van der Waals surface area contributed by atoms with E-state index < -0.39 is 5.41 Å². The highest BCUT2D eigenvalue weighted by molar-refractivity contribution is 6.03. The summed E-state index contributed by atoms with van der Waals surface area (Å²) in [6, 6.07) is 2.02. The Bertz CT molecular complexity index is 753. The zero-order valence-corrected chi connectivity index (χ0v) is 13.5. The van der Waals surface area contributed by atoms with Crippen LogP contribution in [0.1, 0.15) is 42.9 Å². The van der Waals surface area contributed by atoms with Crippen LogP contribution < -0.4 is 0 Å². The molecule has 0 N–H and O–H groups in total. The Morgan fingerprint density at radius 3 is 2.83 bits per heavy atom. The van der Waals surface area contributed by atoms with E-state index in [1.807, 2.05) is 19.9 Å². The summed E-state index contributed by atoms with van der Waals surface area (Å²) >= 11 is 0. The molecule has 3 rings (SSSR count). The molecule has 1 aliphatic carbocycles. The number of oxazole rings is 1.